The summed E-state index contributed by atoms with van der Waals surface area (Å²) in [5.74, 6) is 0.879. The average molecular weight is 178 g/mol. The third-order valence-electron chi connectivity index (χ3n) is 2.20. The van der Waals surface area contributed by atoms with Crippen molar-refractivity contribution in [3.63, 3.8) is 0 Å². The van der Waals surface area contributed by atoms with Gasteiger partial charge in [0.25, 0.3) is 0 Å². The standard InChI is InChI=1S/C7H10N6/c1-2-9-6-5(8-1)3-11-13-4-10-12-7(6)13/h3,8,10-11H,1-2,4H2. The first kappa shape index (κ1) is 6.76. The molecular weight excluding hydrogens is 168 g/mol. The first-order valence-corrected chi connectivity index (χ1v) is 4.28. The summed E-state index contributed by atoms with van der Waals surface area (Å²) in [4.78, 5) is 4.43. The first-order valence-electron chi connectivity index (χ1n) is 4.28. The highest BCUT2D eigenvalue weighted by Gasteiger charge is 2.29. The van der Waals surface area contributed by atoms with E-state index in [1.807, 2.05) is 11.2 Å². The zero-order valence-corrected chi connectivity index (χ0v) is 7.04. The van der Waals surface area contributed by atoms with E-state index in [0.717, 1.165) is 30.3 Å². The molecular formula is C7H10N6. The average Bonchev–Trinajstić information content (AvgIpc) is 2.65. The molecule has 0 aromatic rings. The highest BCUT2D eigenvalue weighted by atomic mass is 15.6. The summed E-state index contributed by atoms with van der Waals surface area (Å²) in [7, 11) is 0. The summed E-state index contributed by atoms with van der Waals surface area (Å²) in [5.41, 5.74) is 8.01. The Bertz CT molecular complexity index is 328. The highest BCUT2D eigenvalue weighted by molar-refractivity contribution is 6.48. The van der Waals surface area contributed by atoms with Gasteiger partial charge in [-0.25, -0.2) is 5.01 Å². The van der Waals surface area contributed by atoms with E-state index in [0.29, 0.717) is 6.67 Å². The van der Waals surface area contributed by atoms with Crippen LogP contribution in [-0.2, 0) is 0 Å². The van der Waals surface area contributed by atoms with Crippen LogP contribution in [0, 0.1) is 0 Å². The maximum Gasteiger partial charge on any atom is 0.196 e. The Morgan fingerprint density at radius 1 is 1.46 bits per heavy atom. The molecule has 13 heavy (non-hydrogen) atoms. The molecule has 0 aromatic carbocycles. The van der Waals surface area contributed by atoms with Gasteiger partial charge in [-0.1, -0.05) is 0 Å². The Morgan fingerprint density at radius 2 is 2.46 bits per heavy atom. The monoisotopic (exact) mass is 178 g/mol. The van der Waals surface area contributed by atoms with E-state index in [2.05, 4.69) is 26.3 Å². The number of rotatable bonds is 0. The van der Waals surface area contributed by atoms with Crippen molar-refractivity contribution in [2.45, 2.75) is 0 Å². The van der Waals surface area contributed by atoms with Crippen LogP contribution >= 0.6 is 0 Å². The smallest absolute Gasteiger partial charge is 0.196 e. The second kappa shape index (κ2) is 2.38. The molecule has 3 aliphatic heterocycles. The molecule has 0 radical (unpaired) electrons. The van der Waals surface area contributed by atoms with E-state index < -0.39 is 0 Å². The fourth-order valence-electron chi connectivity index (χ4n) is 1.58. The maximum atomic E-state index is 4.43. The van der Waals surface area contributed by atoms with Crippen molar-refractivity contribution in [1.82, 2.24) is 21.2 Å². The van der Waals surface area contributed by atoms with Crippen molar-refractivity contribution >= 4 is 11.5 Å². The van der Waals surface area contributed by atoms with Crippen molar-refractivity contribution in [3.05, 3.63) is 11.9 Å². The van der Waals surface area contributed by atoms with Gasteiger partial charge in [0.2, 0.25) is 0 Å². The van der Waals surface area contributed by atoms with Crippen molar-refractivity contribution in [3.8, 4) is 0 Å². The second-order valence-corrected chi connectivity index (χ2v) is 3.02. The molecule has 0 aromatic heterocycles. The molecule has 68 valence electrons. The zero-order chi connectivity index (χ0) is 8.67. The number of hydrogen-bond donors (Lipinski definition) is 3. The van der Waals surface area contributed by atoms with Crippen molar-refractivity contribution in [2.24, 2.45) is 10.1 Å². The molecule has 0 spiro atoms. The van der Waals surface area contributed by atoms with Crippen LogP contribution in [0.25, 0.3) is 0 Å². The van der Waals surface area contributed by atoms with Crippen molar-refractivity contribution in [1.29, 1.82) is 0 Å². The third-order valence-corrected chi connectivity index (χ3v) is 2.20. The van der Waals surface area contributed by atoms with Gasteiger partial charge < -0.3 is 10.7 Å². The predicted octanol–water partition coefficient (Wildman–Crippen LogP) is -1.43. The molecule has 3 aliphatic rings. The molecule has 0 saturated carbocycles. The molecule has 3 N–H and O–H groups in total. The number of nitrogens with zero attached hydrogens (tertiary/aromatic N) is 3. The number of hydrogen-bond acceptors (Lipinski definition) is 6. The molecule has 3 heterocycles. The van der Waals surface area contributed by atoms with Gasteiger partial charge in [-0.15, -0.1) is 0 Å². The van der Waals surface area contributed by atoms with Gasteiger partial charge in [-0.2, -0.15) is 5.10 Å². The van der Waals surface area contributed by atoms with E-state index in [9.17, 15) is 0 Å². The molecule has 6 heteroatoms. The van der Waals surface area contributed by atoms with E-state index in [4.69, 9.17) is 0 Å². The lowest BCUT2D eigenvalue weighted by molar-refractivity contribution is 0.363. The fraction of sp³-hybridized carbons (Fsp3) is 0.429. The molecule has 0 amide bonds. The van der Waals surface area contributed by atoms with E-state index in [1.54, 1.807) is 0 Å². The van der Waals surface area contributed by atoms with Gasteiger partial charge in [-0.3, -0.25) is 10.4 Å². The lowest BCUT2D eigenvalue weighted by Gasteiger charge is -2.28. The van der Waals surface area contributed by atoms with Gasteiger partial charge >= 0.3 is 0 Å². The van der Waals surface area contributed by atoms with Gasteiger partial charge in [0.15, 0.2) is 5.84 Å². The van der Waals surface area contributed by atoms with E-state index in [-0.39, 0.29) is 0 Å². The highest BCUT2D eigenvalue weighted by Crippen LogP contribution is 2.10. The number of amidine groups is 1. The minimum atomic E-state index is 0.693. The van der Waals surface area contributed by atoms with Gasteiger partial charge in [0.1, 0.15) is 12.4 Å². The number of aliphatic imine (C=N–C) groups is 1. The summed E-state index contributed by atoms with van der Waals surface area (Å²) in [6.07, 6.45) is 1.92. The van der Waals surface area contributed by atoms with Crippen LogP contribution in [-0.4, -0.2) is 36.3 Å². The Balaban J connectivity index is 2.05. The van der Waals surface area contributed by atoms with E-state index >= 15 is 0 Å². The molecule has 0 saturated heterocycles. The lowest BCUT2D eigenvalue weighted by Crippen LogP contribution is -2.50. The normalized spacial score (nSPS) is 24.0. The largest absolute Gasteiger partial charge is 0.380 e. The summed E-state index contributed by atoms with van der Waals surface area (Å²) in [5, 5.41) is 9.35. The summed E-state index contributed by atoms with van der Waals surface area (Å²) in [6.45, 7) is 2.41. The summed E-state index contributed by atoms with van der Waals surface area (Å²) in [6, 6.07) is 0. The van der Waals surface area contributed by atoms with Crippen molar-refractivity contribution < 1.29 is 0 Å². The van der Waals surface area contributed by atoms with Crippen LogP contribution in [0.5, 0.6) is 0 Å². The second-order valence-electron chi connectivity index (χ2n) is 3.02. The predicted molar refractivity (Wildman–Crippen MR) is 48.8 cm³/mol. The van der Waals surface area contributed by atoms with Gasteiger partial charge in [-0.05, 0) is 0 Å². The molecule has 0 bridgehead atoms. The molecule has 0 fully saturated rings. The van der Waals surface area contributed by atoms with Crippen LogP contribution in [0.15, 0.2) is 22.0 Å². The van der Waals surface area contributed by atoms with Gasteiger partial charge in [0.05, 0.1) is 12.2 Å². The molecule has 0 aliphatic carbocycles. The third kappa shape index (κ3) is 0.881. The summed E-state index contributed by atoms with van der Waals surface area (Å²) < 4.78 is 0. The van der Waals surface area contributed by atoms with Crippen LogP contribution < -0.4 is 16.2 Å². The first-order chi connectivity index (χ1) is 6.45. The van der Waals surface area contributed by atoms with Gasteiger partial charge in [0, 0.05) is 12.7 Å². The van der Waals surface area contributed by atoms with E-state index in [1.165, 1.54) is 0 Å². The van der Waals surface area contributed by atoms with Crippen LogP contribution in [0.1, 0.15) is 0 Å². The van der Waals surface area contributed by atoms with Crippen LogP contribution in [0.3, 0.4) is 0 Å². The van der Waals surface area contributed by atoms with Crippen LogP contribution in [0.2, 0.25) is 0 Å². The zero-order valence-electron chi connectivity index (χ0n) is 7.04. The lowest BCUT2D eigenvalue weighted by atomic mass is 10.2. The summed E-state index contributed by atoms with van der Waals surface area (Å²) >= 11 is 0. The number of hydrazone groups is 1. The Hall–Kier alpha value is -1.72. The molecule has 6 nitrogen and oxygen atoms in total. The Labute approximate surface area is 75.4 Å². The quantitative estimate of drug-likeness (QED) is 0.425. The SMILES string of the molecule is C1=C2NCCN=C2C2=NNCN2N1. The Kier molecular flexibility index (Phi) is 1.24. The topological polar surface area (TPSA) is 64.0 Å². The van der Waals surface area contributed by atoms with Crippen molar-refractivity contribution in [2.75, 3.05) is 19.8 Å². The molecule has 0 unspecified atom stereocenters. The maximum absolute atomic E-state index is 4.43. The minimum absolute atomic E-state index is 0.693. The minimum Gasteiger partial charge on any atom is -0.380 e. The number of hydrazine groups is 1. The molecule has 3 rings (SSSR count). The number of fused-ring (bicyclic) bond motifs is 3. The fourth-order valence-corrected chi connectivity index (χ4v) is 1.58. The number of nitrogens with one attached hydrogen (secondary N) is 3. The molecule has 0 atom stereocenters. The Morgan fingerprint density at radius 3 is 3.46 bits per heavy atom. The van der Waals surface area contributed by atoms with Crippen LogP contribution in [0.4, 0.5) is 0 Å².